The van der Waals surface area contributed by atoms with Gasteiger partial charge in [0.05, 0.1) is 12.6 Å². The van der Waals surface area contributed by atoms with E-state index >= 15 is 0 Å². The van der Waals surface area contributed by atoms with Crippen molar-refractivity contribution in [2.75, 3.05) is 6.54 Å². The van der Waals surface area contributed by atoms with Gasteiger partial charge in [0.15, 0.2) is 0 Å². The van der Waals surface area contributed by atoms with Gasteiger partial charge >= 0.3 is 0 Å². The predicted octanol–water partition coefficient (Wildman–Crippen LogP) is 2.82. The molecule has 0 radical (unpaired) electrons. The van der Waals surface area contributed by atoms with Crippen molar-refractivity contribution in [3.63, 3.8) is 0 Å². The maximum Gasteiger partial charge on any atom is 0.225 e. The molecule has 1 saturated heterocycles. The van der Waals surface area contributed by atoms with Gasteiger partial charge in [0.2, 0.25) is 5.91 Å². The Bertz CT molecular complexity index is 635. The first kappa shape index (κ1) is 15.8. The minimum absolute atomic E-state index is 0.0577. The lowest BCUT2D eigenvalue weighted by Crippen LogP contribution is -2.40. The fraction of sp³-hybridized carbons (Fsp3) is 0.588. The van der Waals surface area contributed by atoms with Crippen molar-refractivity contribution < 1.29 is 9.21 Å². The Morgan fingerprint density at radius 1 is 1.43 bits per heavy atom. The molecule has 2 atom stereocenters. The van der Waals surface area contributed by atoms with E-state index in [9.17, 15) is 4.79 Å². The molecule has 0 bridgehead atoms. The highest BCUT2D eigenvalue weighted by Gasteiger charge is 2.32. The second kappa shape index (κ2) is 6.98. The average Bonchev–Trinajstić information content (AvgIpc) is 3.23. The number of aryl methyl sites for hydroxylation is 2. The number of hydrogen-bond acceptors (Lipinski definition) is 4. The molecule has 124 valence electrons. The topological polar surface area (TPSA) is 64.2 Å². The van der Waals surface area contributed by atoms with E-state index < -0.39 is 0 Å². The third-order valence-electron chi connectivity index (χ3n) is 4.57. The van der Waals surface area contributed by atoms with E-state index in [0.717, 1.165) is 37.3 Å². The fourth-order valence-corrected chi connectivity index (χ4v) is 3.18. The molecule has 3 rings (SSSR count). The molecule has 1 aliphatic rings. The summed E-state index contributed by atoms with van der Waals surface area (Å²) < 4.78 is 7.63. The monoisotopic (exact) mass is 316 g/mol. The molecular weight excluding hydrogens is 292 g/mol. The Kier molecular flexibility index (Phi) is 4.79. The number of furan rings is 1. The second-order valence-electron chi connectivity index (χ2n) is 6.30. The minimum atomic E-state index is 0.0577. The third-order valence-corrected chi connectivity index (χ3v) is 4.57. The zero-order valence-corrected chi connectivity index (χ0v) is 13.8. The molecule has 0 saturated carbocycles. The lowest BCUT2D eigenvalue weighted by atomic mass is 9.91. The molecule has 6 heteroatoms. The van der Waals surface area contributed by atoms with Gasteiger partial charge in [0.1, 0.15) is 24.2 Å². The van der Waals surface area contributed by atoms with Gasteiger partial charge in [-0.15, -0.1) is 0 Å². The number of nitrogens with zero attached hydrogens (tertiary/aromatic N) is 4. The minimum Gasteiger partial charge on any atom is -0.464 e. The predicted molar refractivity (Wildman–Crippen MR) is 85.6 cm³/mol. The standard InChI is InChI=1S/C17H24N4O2/c1-3-14-4-5-16(23-14)15-10-13(2)6-9-21(15)17(22)7-8-20-12-18-11-19-20/h4-5,11-13,15H,3,6-10H2,1-2H3. The molecule has 2 aromatic heterocycles. The normalized spacial score (nSPS) is 21.6. The summed E-state index contributed by atoms with van der Waals surface area (Å²) in [4.78, 5) is 18.6. The van der Waals surface area contributed by atoms with Crippen LogP contribution in [0.15, 0.2) is 29.2 Å². The van der Waals surface area contributed by atoms with Gasteiger partial charge in [-0.3, -0.25) is 9.48 Å². The van der Waals surface area contributed by atoms with Gasteiger partial charge in [0.25, 0.3) is 0 Å². The van der Waals surface area contributed by atoms with Crippen LogP contribution in [0, 0.1) is 5.92 Å². The van der Waals surface area contributed by atoms with E-state index in [2.05, 4.69) is 23.9 Å². The largest absolute Gasteiger partial charge is 0.464 e. The summed E-state index contributed by atoms with van der Waals surface area (Å²) in [6.07, 6.45) is 6.46. The highest BCUT2D eigenvalue weighted by Crippen LogP contribution is 2.35. The molecule has 2 unspecified atom stereocenters. The van der Waals surface area contributed by atoms with Crippen LogP contribution < -0.4 is 0 Å². The van der Waals surface area contributed by atoms with Crippen LogP contribution in [-0.2, 0) is 17.8 Å². The van der Waals surface area contributed by atoms with Gasteiger partial charge < -0.3 is 9.32 Å². The number of piperidine rings is 1. The van der Waals surface area contributed by atoms with Crippen LogP contribution in [0.3, 0.4) is 0 Å². The fourth-order valence-electron chi connectivity index (χ4n) is 3.18. The SMILES string of the molecule is CCc1ccc(C2CC(C)CCN2C(=O)CCn2cncn2)o1. The Hall–Kier alpha value is -2.11. The van der Waals surface area contributed by atoms with Gasteiger partial charge in [0, 0.05) is 19.4 Å². The van der Waals surface area contributed by atoms with Crippen LogP contribution >= 0.6 is 0 Å². The van der Waals surface area contributed by atoms with Crippen molar-refractivity contribution in [2.45, 2.75) is 52.1 Å². The zero-order valence-electron chi connectivity index (χ0n) is 13.8. The number of hydrogen-bond donors (Lipinski definition) is 0. The Morgan fingerprint density at radius 2 is 2.30 bits per heavy atom. The van der Waals surface area contributed by atoms with Crippen LogP contribution in [0.25, 0.3) is 0 Å². The molecule has 0 N–H and O–H groups in total. The van der Waals surface area contributed by atoms with Crippen LogP contribution in [0.5, 0.6) is 0 Å². The second-order valence-corrected chi connectivity index (χ2v) is 6.30. The van der Waals surface area contributed by atoms with Gasteiger partial charge in [-0.2, -0.15) is 5.10 Å². The summed E-state index contributed by atoms with van der Waals surface area (Å²) in [7, 11) is 0. The van der Waals surface area contributed by atoms with Crippen molar-refractivity contribution in [1.29, 1.82) is 0 Å². The van der Waals surface area contributed by atoms with Crippen molar-refractivity contribution in [1.82, 2.24) is 19.7 Å². The first-order valence-electron chi connectivity index (χ1n) is 8.38. The van der Waals surface area contributed by atoms with Crippen LogP contribution in [0.2, 0.25) is 0 Å². The summed E-state index contributed by atoms with van der Waals surface area (Å²) in [6.45, 7) is 5.68. The summed E-state index contributed by atoms with van der Waals surface area (Å²) in [5, 5.41) is 4.05. The van der Waals surface area contributed by atoms with Crippen LogP contribution in [-0.4, -0.2) is 32.1 Å². The van der Waals surface area contributed by atoms with Gasteiger partial charge in [-0.05, 0) is 30.9 Å². The third kappa shape index (κ3) is 3.63. The van der Waals surface area contributed by atoms with E-state index in [1.54, 1.807) is 11.0 Å². The Labute approximate surface area is 136 Å². The molecule has 0 spiro atoms. The van der Waals surface area contributed by atoms with Crippen LogP contribution in [0.4, 0.5) is 0 Å². The molecule has 2 aromatic rings. The van der Waals surface area contributed by atoms with Gasteiger partial charge in [-0.25, -0.2) is 4.98 Å². The van der Waals surface area contributed by atoms with E-state index in [1.165, 1.54) is 6.33 Å². The highest BCUT2D eigenvalue weighted by atomic mass is 16.3. The van der Waals surface area contributed by atoms with Crippen LogP contribution in [0.1, 0.15) is 50.7 Å². The molecule has 0 aliphatic carbocycles. The number of aromatic nitrogens is 3. The smallest absolute Gasteiger partial charge is 0.225 e. The molecule has 1 aliphatic heterocycles. The van der Waals surface area contributed by atoms with Crippen molar-refractivity contribution in [3.05, 3.63) is 36.3 Å². The number of rotatable bonds is 5. The summed E-state index contributed by atoms with van der Waals surface area (Å²) in [5.74, 6) is 2.66. The van der Waals surface area contributed by atoms with Gasteiger partial charge in [-0.1, -0.05) is 13.8 Å². The molecule has 0 aromatic carbocycles. The van der Waals surface area contributed by atoms with E-state index in [1.807, 2.05) is 17.0 Å². The zero-order chi connectivity index (χ0) is 16.2. The average molecular weight is 316 g/mol. The molecule has 3 heterocycles. The first-order valence-corrected chi connectivity index (χ1v) is 8.38. The van der Waals surface area contributed by atoms with Crippen molar-refractivity contribution in [2.24, 2.45) is 5.92 Å². The maximum atomic E-state index is 12.7. The number of amides is 1. The summed E-state index contributed by atoms with van der Waals surface area (Å²) >= 11 is 0. The quantitative estimate of drug-likeness (QED) is 0.851. The summed E-state index contributed by atoms with van der Waals surface area (Å²) in [5.41, 5.74) is 0. The molecule has 23 heavy (non-hydrogen) atoms. The molecular formula is C17H24N4O2. The molecule has 1 amide bonds. The lowest BCUT2D eigenvalue weighted by Gasteiger charge is -2.37. The van der Waals surface area contributed by atoms with Crippen molar-refractivity contribution in [3.8, 4) is 0 Å². The maximum absolute atomic E-state index is 12.7. The van der Waals surface area contributed by atoms with Crippen molar-refractivity contribution >= 4 is 5.91 Å². The number of likely N-dealkylation sites (tertiary alicyclic amines) is 1. The summed E-state index contributed by atoms with van der Waals surface area (Å²) in [6, 6.07) is 4.11. The molecule has 6 nitrogen and oxygen atoms in total. The lowest BCUT2D eigenvalue weighted by molar-refractivity contribution is -0.136. The first-order chi connectivity index (χ1) is 11.2. The number of carbonyl (C=O) groups excluding carboxylic acids is 1. The van der Waals surface area contributed by atoms with E-state index in [4.69, 9.17) is 4.42 Å². The Morgan fingerprint density at radius 3 is 3.00 bits per heavy atom. The molecule has 1 fully saturated rings. The number of carbonyl (C=O) groups is 1. The highest BCUT2D eigenvalue weighted by molar-refractivity contribution is 5.76. The van der Waals surface area contributed by atoms with E-state index in [-0.39, 0.29) is 11.9 Å². The van der Waals surface area contributed by atoms with E-state index in [0.29, 0.717) is 18.9 Å². The Balaban J connectivity index is 1.70.